The van der Waals surface area contributed by atoms with Crippen molar-refractivity contribution in [1.29, 1.82) is 0 Å². The average molecular weight is 373 g/mol. The number of aromatic nitrogens is 1. The van der Waals surface area contributed by atoms with E-state index in [9.17, 15) is 18.0 Å². The van der Waals surface area contributed by atoms with Gasteiger partial charge in [-0.05, 0) is 36.8 Å². The van der Waals surface area contributed by atoms with Crippen LogP contribution >= 0.6 is 11.3 Å². The number of thiazole rings is 1. The fraction of sp³-hybridized carbons (Fsp3) is 0.267. The normalized spacial score (nSPS) is 11.5. The number of nitrogens with zero attached hydrogens (tertiary/aromatic N) is 2. The molecule has 10 heteroatoms. The lowest BCUT2D eigenvalue weighted by atomic mass is 10.2. The largest absolute Gasteiger partial charge is 0.573 e. The number of ether oxygens (including phenoxy) is 2. The summed E-state index contributed by atoms with van der Waals surface area (Å²) in [6, 6.07) is 5.24. The van der Waals surface area contributed by atoms with Gasteiger partial charge in [-0.15, -0.1) is 24.5 Å². The van der Waals surface area contributed by atoms with Crippen molar-refractivity contribution in [3.8, 4) is 5.75 Å². The maximum absolute atomic E-state index is 12.1. The highest BCUT2D eigenvalue weighted by molar-refractivity contribution is 7.13. The van der Waals surface area contributed by atoms with Crippen LogP contribution in [0.4, 0.5) is 18.3 Å². The van der Waals surface area contributed by atoms with E-state index in [1.165, 1.54) is 41.8 Å². The average Bonchev–Trinajstić information content (AvgIpc) is 2.95. The number of hydrazone groups is 1. The lowest BCUT2D eigenvalue weighted by Gasteiger charge is -2.08. The Kier molecular flexibility index (Phi) is 6.34. The summed E-state index contributed by atoms with van der Waals surface area (Å²) in [5.74, 6) is -0.662. The Balaban J connectivity index is 1.86. The lowest BCUT2D eigenvalue weighted by Crippen LogP contribution is -2.17. The monoisotopic (exact) mass is 373 g/mol. The molecule has 0 amide bonds. The van der Waals surface area contributed by atoms with Crippen molar-refractivity contribution >= 4 is 28.7 Å². The highest BCUT2D eigenvalue weighted by Gasteiger charge is 2.30. The van der Waals surface area contributed by atoms with Crippen LogP contribution in [0.2, 0.25) is 0 Å². The standard InChI is InChI=1S/C15H14F3N3O3S/c1-2-23-13(22)7-11-9-25-14(20-11)21-19-8-10-3-5-12(6-4-10)24-15(16,17)18/h3-6,8-9H,2,7H2,1H3,(H,20,21). The second-order valence-electron chi connectivity index (χ2n) is 4.61. The van der Waals surface area contributed by atoms with E-state index in [0.29, 0.717) is 23.0 Å². The molecule has 0 aliphatic heterocycles. The number of anilines is 1. The van der Waals surface area contributed by atoms with E-state index >= 15 is 0 Å². The molecule has 2 aromatic rings. The molecule has 6 nitrogen and oxygen atoms in total. The zero-order chi connectivity index (χ0) is 18.3. The van der Waals surface area contributed by atoms with Gasteiger partial charge in [-0.1, -0.05) is 0 Å². The molecular formula is C15H14F3N3O3S. The Morgan fingerprint density at radius 2 is 2.08 bits per heavy atom. The third-order valence-electron chi connectivity index (χ3n) is 2.67. The van der Waals surface area contributed by atoms with Gasteiger partial charge in [0.05, 0.1) is 24.9 Å². The maximum atomic E-state index is 12.1. The number of carbonyl (C=O) groups excluding carboxylic acids is 1. The Morgan fingerprint density at radius 1 is 1.36 bits per heavy atom. The highest BCUT2D eigenvalue weighted by atomic mass is 32.1. The van der Waals surface area contributed by atoms with Crippen molar-refractivity contribution in [2.24, 2.45) is 5.10 Å². The van der Waals surface area contributed by atoms with Crippen LogP contribution in [-0.4, -0.2) is 30.1 Å². The maximum Gasteiger partial charge on any atom is 0.573 e. The second-order valence-corrected chi connectivity index (χ2v) is 5.47. The molecule has 134 valence electrons. The molecular weight excluding hydrogens is 359 g/mol. The fourth-order valence-corrected chi connectivity index (χ4v) is 2.38. The first-order valence-electron chi connectivity index (χ1n) is 7.10. The van der Waals surface area contributed by atoms with Crippen molar-refractivity contribution in [1.82, 2.24) is 4.98 Å². The summed E-state index contributed by atoms with van der Waals surface area (Å²) in [5, 5.41) is 6.12. The summed E-state index contributed by atoms with van der Waals surface area (Å²) < 4.78 is 44.8. The molecule has 1 aromatic carbocycles. The second kappa shape index (κ2) is 8.47. The number of halogens is 3. The number of hydrogen-bond acceptors (Lipinski definition) is 7. The predicted molar refractivity (Wildman–Crippen MR) is 86.8 cm³/mol. The molecule has 0 bridgehead atoms. The minimum atomic E-state index is -4.72. The van der Waals surface area contributed by atoms with E-state index in [1.807, 2.05) is 0 Å². The summed E-state index contributed by atoms with van der Waals surface area (Å²) in [4.78, 5) is 15.5. The third kappa shape index (κ3) is 6.79. The Morgan fingerprint density at radius 3 is 2.72 bits per heavy atom. The number of carbonyl (C=O) groups is 1. The van der Waals surface area contributed by atoms with Gasteiger partial charge in [0.2, 0.25) is 5.13 Å². The molecule has 1 N–H and O–H groups in total. The summed E-state index contributed by atoms with van der Waals surface area (Å²) in [5.41, 5.74) is 3.82. The first-order chi connectivity index (χ1) is 11.9. The van der Waals surface area contributed by atoms with E-state index < -0.39 is 6.36 Å². The van der Waals surface area contributed by atoms with Crippen molar-refractivity contribution in [3.05, 3.63) is 40.9 Å². The van der Waals surface area contributed by atoms with Crippen LogP contribution in [0.5, 0.6) is 5.75 Å². The van der Waals surface area contributed by atoms with E-state index in [1.54, 1.807) is 12.3 Å². The molecule has 0 radical (unpaired) electrons. The lowest BCUT2D eigenvalue weighted by molar-refractivity contribution is -0.274. The molecule has 0 aliphatic rings. The third-order valence-corrected chi connectivity index (χ3v) is 3.47. The molecule has 0 saturated carbocycles. The quantitative estimate of drug-likeness (QED) is 0.456. The highest BCUT2D eigenvalue weighted by Crippen LogP contribution is 2.22. The van der Waals surface area contributed by atoms with E-state index in [-0.39, 0.29) is 18.1 Å². The van der Waals surface area contributed by atoms with Gasteiger partial charge in [-0.3, -0.25) is 10.2 Å². The summed E-state index contributed by atoms with van der Waals surface area (Å²) in [6.45, 7) is 2.04. The molecule has 0 saturated heterocycles. The van der Waals surface area contributed by atoms with Gasteiger partial charge >= 0.3 is 12.3 Å². The van der Waals surface area contributed by atoms with Gasteiger partial charge in [-0.2, -0.15) is 5.10 Å². The molecule has 25 heavy (non-hydrogen) atoms. The first kappa shape index (κ1) is 18.7. The number of esters is 1. The van der Waals surface area contributed by atoms with E-state index in [4.69, 9.17) is 4.74 Å². The minimum absolute atomic E-state index is 0.0798. The topological polar surface area (TPSA) is 72.8 Å². The number of benzene rings is 1. The molecule has 2 rings (SSSR count). The molecule has 0 fully saturated rings. The molecule has 0 unspecified atom stereocenters. The number of nitrogens with one attached hydrogen (secondary N) is 1. The van der Waals surface area contributed by atoms with Crippen molar-refractivity contribution < 1.29 is 27.4 Å². The van der Waals surface area contributed by atoms with Crippen LogP contribution in [0.3, 0.4) is 0 Å². The molecule has 1 aromatic heterocycles. The van der Waals surface area contributed by atoms with Crippen LogP contribution in [0.15, 0.2) is 34.7 Å². The smallest absolute Gasteiger partial charge is 0.466 e. The van der Waals surface area contributed by atoms with Gasteiger partial charge in [0.15, 0.2) is 0 Å². The SMILES string of the molecule is CCOC(=O)Cc1csc(NN=Cc2ccc(OC(F)(F)F)cc2)n1. The van der Waals surface area contributed by atoms with Crippen LogP contribution in [0.25, 0.3) is 0 Å². The van der Waals surface area contributed by atoms with Crippen molar-refractivity contribution in [2.75, 3.05) is 12.0 Å². The number of hydrogen-bond donors (Lipinski definition) is 1. The number of alkyl halides is 3. The summed E-state index contributed by atoms with van der Waals surface area (Å²) >= 11 is 1.26. The van der Waals surface area contributed by atoms with Crippen LogP contribution < -0.4 is 10.2 Å². The van der Waals surface area contributed by atoms with E-state index in [0.717, 1.165) is 0 Å². The molecule has 1 heterocycles. The molecule has 0 atom stereocenters. The minimum Gasteiger partial charge on any atom is -0.466 e. The zero-order valence-corrected chi connectivity index (χ0v) is 13.9. The zero-order valence-electron chi connectivity index (χ0n) is 13.0. The van der Waals surface area contributed by atoms with Crippen LogP contribution in [-0.2, 0) is 16.0 Å². The van der Waals surface area contributed by atoms with Gasteiger partial charge in [0, 0.05) is 5.38 Å². The van der Waals surface area contributed by atoms with Crippen molar-refractivity contribution in [3.63, 3.8) is 0 Å². The first-order valence-corrected chi connectivity index (χ1v) is 7.98. The van der Waals surface area contributed by atoms with Gasteiger partial charge in [0.1, 0.15) is 5.75 Å². The molecule has 0 spiro atoms. The van der Waals surface area contributed by atoms with Gasteiger partial charge in [-0.25, -0.2) is 4.98 Å². The Bertz CT molecular complexity index is 730. The van der Waals surface area contributed by atoms with Gasteiger partial charge in [0.25, 0.3) is 0 Å². The number of rotatable bonds is 7. The molecule has 0 aliphatic carbocycles. The summed E-state index contributed by atoms with van der Waals surface area (Å²) in [7, 11) is 0. The van der Waals surface area contributed by atoms with Gasteiger partial charge < -0.3 is 9.47 Å². The van der Waals surface area contributed by atoms with E-state index in [2.05, 4.69) is 20.2 Å². The fourth-order valence-electron chi connectivity index (χ4n) is 1.72. The van der Waals surface area contributed by atoms with Crippen LogP contribution in [0, 0.1) is 0 Å². The summed E-state index contributed by atoms with van der Waals surface area (Å²) in [6.07, 6.45) is -3.22. The van der Waals surface area contributed by atoms with Crippen LogP contribution in [0.1, 0.15) is 18.2 Å². The van der Waals surface area contributed by atoms with Crippen molar-refractivity contribution in [2.45, 2.75) is 19.7 Å². The Hall–Kier alpha value is -2.62. The Labute approximate surface area is 145 Å². The predicted octanol–water partition coefficient (Wildman–Crippen LogP) is 3.59.